The summed E-state index contributed by atoms with van der Waals surface area (Å²) in [7, 11) is 0. The highest BCUT2D eigenvalue weighted by Crippen LogP contribution is 2.22. The Hall–Kier alpha value is -3.11. The predicted molar refractivity (Wildman–Crippen MR) is 103 cm³/mol. The van der Waals surface area contributed by atoms with E-state index in [1.807, 2.05) is 78.1 Å². The Labute approximate surface area is 153 Å². The van der Waals surface area contributed by atoms with E-state index in [1.54, 1.807) is 0 Å². The molecule has 0 radical (unpaired) electrons. The van der Waals surface area contributed by atoms with Crippen molar-refractivity contribution in [3.8, 4) is 11.5 Å². The normalized spacial score (nSPS) is 11.6. The summed E-state index contributed by atoms with van der Waals surface area (Å²) in [5.41, 5.74) is 1.97. The molecular weight excluding hydrogens is 324 g/mol. The lowest BCUT2D eigenvalue weighted by atomic mass is 10.1. The second kappa shape index (κ2) is 8.83. The Morgan fingerprint density at radius 3 is 2.12 bits per heavy atom. The fraction of sp³-hybridized carbons (Fsp3) is 0.136. The molecular formula is C22H23N2O2+. The van der Waals surface area contributed by atoms with Crippen molar-refractivity contribution in [3.05, 3.63) is 90.5 Å². The van der Waals surface area contributed by atoms with Gasteiger partial charge in [0.25, 0.3) is 5.91 Å². The van der Waals surface area contributed by atoms with Crippen LogP contribution in [0.15, 0.2) is 84.9 Å². The molecule has 0 aliphatic heterocycles. The summed E-state index contributed by atoms with van der Waals surface area (Å²) in [5.74, 6) is 1.50. The first-order chi connectivity index (χ1) is 12.7. The predicted octanol–water partition coefficient (Wildman–Crippen LogP) is 3.74. The number of rotatable bonds is 7. The van der Waals surface area contributed by atoms with Crippen molar-refractivity contribution in [2.75, 3.05) is 11.9 Å². The van der Waals surface area contributed by atoms with Crippen LogP contribution >= 0.6 is 0 Å². The molecule has 3 aromatic carbocycles. The van der Waals surface area contributed by atoms with Crippen molar-refractivity contribution in [3.63, 3.8) is 0 Å². The molecule has 0 aliphatic carbocycles. The van der Waals surface area contributed by atoms with Crippen LogP contribution in [0.5, 0.6) is 11.5 Å². The number of carbonyl (C=O) groups is 1. The van der Waals surface area contributed by atoms with Crippen LogP contribution in [-0.2, 0) is 4.79 Å². The average Bonchev–Trinajstić information content (AvgIpc) is 2.69. The van der Waals surface area contributed by atoms with Crippen LogP contribution < -0.4 is 15.4 Å². The van der Waals surface area contributed by atoms with Gasteiger partial charge in [0, 0.05) is 11.3 Å². The Balaban J connectivity index is 1.48. The van der Waals surface area contributed by atoms with Gasteiger partial charge >= 0.3 is 0 Å². The van der Waals surface area contributed by atoms with Crippen LogP contribution in [0.2, 0.25) is 0 Å². The van der Waals surface area contributed by atoms with Gasteiger partial charge in [-0.1, -0.05) is 48.5 Å². The minimum absolute atomic E-state index is 0.0236. The quantitative estimate of drug-likeness (QED) is 0.684. The summed E-state index contributed by atoms with van der Waals surface area (Å²) >= 11 is 0. The maximum Gasteiger partial charge on any atom is 0.279 e. The molecule has 0 heterocycles. The van der Waals surface area contributed by atoms with Crippen LogP contribution in [0.4, 0.5) is 5.69 Å². The Morgan fingerprint density at radius 1 is 0.885 bits per heavy atom. The first kappa shape index (κ1) is 17.7. The molecule has 0 bridgehead atoms. The second-order valence-corrected chi connectivity index (χ2v) is 6.13. The van der Waals surface area contributed by atoms with E-state index >= 15 is 0 Å². The van der Waals surface area contributed by atoms with E-state index in [1.165, 1.54) is 5.56 Å². The molecule has 26 heavy (non-hydrogen) atoms. The zero-order chi connectivity index (χ0) is 18.2. The fourth-order valence-corrected chi connectivity index (χ4v) is 2.62. The molecule has 0 fully saturated rings. The molecule has 1 atom stereocenters. The maximum absolute atomic E-state index is 12.2. The van der Waals surface area contributed by atoms with E-state index in [9.17, 15) is 4.79 Å². The van der Waals surface area contributed by atoms with E-state index < -0.39 is 0 Å². The van der Waals surface area contributed by atoms with Crippen LogP contribution in [0.25, 0.3) is 0 Å². The SMILES string of the molecule is C[C@@H]([NH2+]CC(=O)Nc1ccc(Oc2ccccc2)cc1)c1ccccc1. The number of hydrogen-bond donors (Lipinski definition) is 2. The zero-order valence-corrected chi connectivity index (χ0v) is 14.8. The van der Waals surface area contributed by atoms with Crippen molar-refractivity contribution >= 4 is 11.6 Å². The number of nitrogens with two attached hydrogens (primary N) is 1. The monoisotopic (exact) mass is 347 g/mol. The van der Waals surface area contributed by atoms with Gasteiger partial charge in [0.2, 0.25) is 0 Å². The van der Waals surface area contributed by atoms with E-state index in [0.29, 0.717) is 6.54 Å². The Morgan fingerprint density at radius 2 is 1.46 bits per heavy atom. The number of hydrogen-bond acceptors (Lipinski definition) is 2. The lowest BCUT2D eigenvalue weighted by Crippen LogP contribution is -2.86. The minimum Gasteiger partial charge on any atom is -0.457 e. The van der Waals surface area contributed by atoms with Crippen molar-refractivity contribution in [2.45, 2.75) is 13.0 Å². The summed E-state index contributed by atoms with van der Waals surface area (Å²) in [5, 5.41) is 4.94. The number of nitrogens with one attached hydrogen (secondary N) is 1. The molecule has 0 saturated heterocycles. The second-order valence-electron chi connectivity index (χ2n) is 6.13. The molecule has 132 valence electrons. The topological polar surface area (TPSA) is 54.9 Å². The van der Waals surface area contributed by atoms with Crippen LogP contribution in [0.1, 0.15) is 18.5 Å². The lowest BCUT2D eigenvalue weighted by molar-refractivity contribution is -0.682. The number of ether oxygens (including phenoxy) is 1. The zero-order valence-electron chi connectivity index (χ0n) is 14.8. The van der Waals surface area contributed by atoms with Gasteiger partial charge in [-0.2, -0.15) is 0 Å². The minimum atomic E-state index is -0.0236. The Bertz CT molecular complexity index is 818. The van der Waals surface area contributed by atoms with Crippen molar-refractivity contribution in [1.82, 2.24) is 0 Å². The molecule has 0 aliphatic rings. The molecule has 4 nitrogen and oxygen atoms in total. The van der Waals surface area contributed by atoms with Crippen molar-refractivity contribution in [2.24, 2.45) is 0 Å². The highest BCUT2D eigenvalue weighted by atomic mass is 16.5. The van der Waals surface area contributed by atoms with Gasteiger partial charge in [-0.3, -0.25) is 4.79 Å². The number of benzene rings is 3. The van der Waals surface area contributed by atoms with Crippen molar-refractivity contribution < 1.29 is 14.8 Å². The lowest BCUT2D eigenvalue weighted by Gasteiger charge is -2.11. The fourth-order valence-electron chi connectivity index (χ4n) is 2.62. The maximum atomic E-state index is 12.2. The van der Waals surface area contributed by atoms with Gasteiger partial charge in [0.05, 0.1) is 0 Å². The number of anilines is 1. The van der Waals surface area contributed by atoms with E-state index in [-0.39, 0.29) is 11.9 Å². The summed E-state index contributed by atoms with van der Waals surface area (Å²) < 4.78 is 5.75. The number of carbonyl (C=O) groups excluding carboxylic acids is 1. The molecule has 1 amide bonds. The third-order valence-electron chi connectivity index (χ3n) is 4.10. The van der Waals surface area contributed by atoms with E-state index in [0.717, 1.165) is 17.2 Å². The highest BCUT2D eigenvalue weighted by molar-refractivity contribution is 5.91. The average molecular weight is 347 g/mol. The summed E-state index contributed by atoms with van der Waals surface area (Å²) in [6.45, 7) is 2.47. The third kappa shape index (κ3) is 5.19. The molecule has 0 unspecified atom stereocenters. The number of amides is 1. The summed E-state index contributed by atoms with van der Waals surface area (Å²) in [6.07, 6.45) is 0. The standard InChI is InChI=1S/C22H22N2O2/c1-17(18-8-4-2-5-9-18)23-16-22(25)24-19-12-14-21(15-13-19)26-20-10-6-3-7-11-20/h2-15,17,23H,16H2,1H3,(H,24,25)/p+1/t17-/m1/s1. The first-order valence-corrected chi connectivity index (χ1v) is 8.72. The Kier molecular flexibility index (Phi) is 6.01. The smallest absolute Gasteiger partial charge is 0.279 e. The third-order valence-corrected chi connectivity index (χ3v) is 4.10. The van der Waals surface area contributed by atoms with Gasteiger partial charge in [0.1, 0.15) is 17.5 Å². The van der Waals surface area contributed by atoms with Gasteiger partial charge in [-0.05, 0) is 43.3 Å². The van der Waals surface area contributed by atoms with Crippen LogP contribution in [0.3, 0.4) is 0 Å². The largest absolute Gasteiger partial charge is 0.457 e. The van der Waals surface area contributed by atoms with E-state index in [2.05, 4.69) is 24.4 Å². The number of quaternary nitrogens is 1. The molecule has 0 aromatic heterocycles. The summed E-state index contributed by atoms with van der Waals surface area (Å²) in [6, 6.07) is 27.4. The van der Waals surface area contributed by atoms with Gasteiger partial charge in [-0.25, -0.2) is 0 Å². The molecule has 0 spiro atoms. The van der Waals surface area contributed by atoms with Gasteiger partial charge in [-0.15, -0.1) is 0 Å². The molecule has 3 N–H and O–H groups in total. The first-order valence-electron chi connectivity index (χ1n) is 8.72. The van der Waals surface area contributed by atoms with Crippen LogP contribution in [-0.4, -0.2) is 12.5 Å². The highest BCUT2D eigenvalue weighted by Gasteiger charge is 2.11. The van der Waals surface area contributed by atoms with Crippen LogP contribution in [0, 0.1) is 0 Å². The molecule has 3 rings (SSSR count). The number of para-hydroxylation sites is 1. The summed E-state index contributed by atoms with van der Waals surface area (Å²) in [4.78, 5) is 12.2. The van der Waals surface area contributed by atoms with Crippen molar-refractivity contribution in [1.29, 1.82) is 0 Å². The molecule has 3 aromatic rings. The van der Waals surface area contributed by atoms with Gasteiger partial charge < -0.3 is 15.4 Å². The molecule has 4 heteroatoms. The van der Waals surface area contributed by atoms with E-state index in [4.69, 9.17) is 4.74 Å². The molecule has 0 saturated carbocycles. The van der Waals surface area contributed by atoms with Gasteiger partial charge in [0.15, 0.2) is 6.54 Å².